The molecular weight excluding hydrogens is 289 g/mol. The molecule has 5 nitrogen and oxygen atoms in total. The monoisotopic (exact) mass is 303 g/mol. The van der Waals surface area contributed by atoms with Gasteiger partial charge in [0.15, 0.2) is 5.78 Å². The summed E-state index contributed by atoms with van der Waals surface area (Å²) in [6, 6.07) is 7.15. The number of hydrogen-bond donors (Lipinski definition) is 1. The van der Waals surface area contributed by atoms with Crippen LogP contribution >= 0.6 is 0 Å². The van der Waals surface area contributed by atoms with E-state index >= 15 is 0 Å². The highest BCUT2D eigenvalue weighted by Gasteiger charge is 2.16. The van der Waals surface area contributed by atoms with Crippen LogP contribution in [-0.4, -0.2) is 29.0 Å². The number of rotatable bonds is 5. The van der Waals surface area contributed by atoms with Crippen molar-refractivity contribution in [3.8, 4) is 16.9 Å². The van der Waals surface area contributed by atoms with Gasteiger partial charge < -0.3 is 9.84 Å². The van der Waals surface area contributed by atoms with Crippen molar-refractivity contribution in [3.63, 3.8) is 0 Å². The van der Waals surface area contributed by atoms with Crippen LogP contribution in [0.4, 0.5) is 4.39 Å². The van der Waals surface area contributed by atoms with E-state index in [2.05, 4.69) is 9.72 Å². The van der Waals surface area contributed by atoms with E-state index in [0.29, 0.717) is 11.1 Å². The molecule has 0 saturated carbocycles. The standard InChI is InChI=1S/C16H14FNO4/c1-22-15(21)6-5-13(19)16-14(20)8-11(9-18-16)10-3-2-4-12(17)7-10/h2-4,7-9,20H,5-6H2,1H3. The van der Waals surface area contributed by atoms with Gasteiger partial charge in [-0.1, -0.05) is 12.1 Å². The number of aromatic nitrogens is 1. The molecular formula is C16H14FNO4. The Labute approximate surface area is 126 Å². The third-order valence-corrected chi connectivity index (χ3v) is 3.07. The minimum atomic E-state index is -0.510. The Morgan fingerprint density at radius 2 is 2.00 bits per heavy atom. The van der Waals surface area contributed by atoms with Gasteiger partial charge in [0.05, 0.1) is 13.5 Å². The number of Topliss-reactive ketones (excluding diaryl/α,β-unsaturated/α-hetero) is 1. The molecule has 2 rings (SSSR count). The predicted molar refractivity (Wildman–Crippen MR) is 76.9 cm³/mol. The van der Waals surface area contributed by atoms with E-state index in [-0.39, 0.29) is 24.3 Å². The molecule has 0 aliphatic carbocycles. The molecule has 6 heteroatoms. The van der Waals surface area contributed by atoms with E-state index in [9.17, 15) is 19.1 Å². The van der Waals surface area contributed by atoms with Gasteiger partial charge in [-0.2, -0.15) is 0 Å². The van der Waals surface area contributed by atoms with Crippen molar-refractivity contribution in [3.05, 3.63) is 48.0 Å². The summed E-state index contributed by atoms with van der Waals surface area (Å²) < 4.78 is 17.6. The Bertz CT molecular complexity index is 715. The van der Waals surface area contributed by atoms with Crippen LogP contribution in [0.1, 0.15) is 23.3 Å². The van der Waals surface area contributed by atoms with Crippen LogP contribution in [0.15, 0.2) is 36.5 Å². The van der Waals surface area contributed by atoms with Gasteiger partial charge in [0, 0.05) is 18.2 Å². The lowest BCUT2D eigenvalue weighted by molar-refractivity contribution is -0.140. The number of benzene rings is 1. The van der Waals surface area contributed by atoms with Crippen molar-refractivity contribution in [1.29, 1.82) is 0 Å². The van der Waals surface area contributed by atoms with Crippen LogP contribution in [-0.2, 0) is 9.53 Å². The minimum absolute atomic E-state index is 0.0812. The van der Waals surface area contributed by atoms with E-state index in [1.165, 1.54) is 37.6 Å². The van der Waals surface area contributed by atoms with Gasteiger partial charge in [0.2, 0.25) is 0 Å². The van der Waals surface area contributed by atoms with Crippen LogP contribution < -0.4 is 0 Å². The zero-order chi connectivity index (χ0) is 16.1. The predicted octanol–water partition coefficient (Wildman–Crippen LogP) is 2.73. The smallest absolute Gasteiger partial charge is 0.305 e. The zero-order valence-corrected chi connectivity index (χ0v) is 11.9. The molecule has 2 aromatic rings. The summed E-state index contributed by atoms with van der Waals surface area (Å²) >= 11 is 0. The molecule has 0 radical (unpaired) electrons. The Balaban J connectivity index is 2.19. The molecule has 114 valence electrons. The highest BCUT2D eigenvalue weighted by molar-refractivity contribution is 5.98. The fourth-order valence-electron chi connectivity index (χ4n) is 1.93. The molecule has 0 aliphatic rings. The largest absolute Gasteiger partial charge is 0.506 e. The second-order valence-corrected chi connectivity index (χ2v) is 4.60. The van der Waals surface area contributed by atoms with Crippen molar-refractivity contribution >= 4 is 11.8 Å². The summed E-state index contributed by atoms with van der Waals surface area (Å²) in [7, 11) is 1.23. The first-order chi connectivity index (χ1) is 10.5. The van der Waals surface area contributed by atoms with Crippen molar-refractivity contribution in [2.75, 3.05) is 7.11 Å². The zero-order valence-electron chi connectivity index (χ0n) is 11.9. The Morgan fingerprint density at radius 3 is 2.64 bits per heavy atom. The first-order valence-electron chi connectivity index (χ1n) is 6.56. The lowest BCUT2D eigenvalue weighted by atomic mass is 10.1. The third kappa shape index (κ3) is 3.66. The van der Waals surface area contributed by atoms with Gasteiger partial charge in [-0.25, -0.2) is 9.37 Å². The molecule has 0 fully saturated rings. The van der Waals surface area contributed by atoms with Crippen molar-refractivity contribution in [2.24, 2.45) is 0 Å². The maximum Gasteiger partial charge on any atom is 0.305 e. The van der Waals surface area contributed by atoms with Crippen molar-refractivity contribution < 1.29 is 23.8 Å². The Morgan fingerprint density at radius 1 is 1.23 bits per heavy atom. The maximum absolute atomic E-state index is 13.2. The van der Waals surface area contributed by atoms with E-state index < -0.39 is 17.6 Å². The van der Waals surface area contributed by atoms with E-state index in [1.807, 2.05) is 0 Å². The second kappa shape index (κ2) is 6.80. The molecule has 1 aromatic carbocycles. The topological polar surface area (TPSA) is 76.5 Å². The minimum Gasteiger partial charge on any atom is -0.506 e. The number of aromatic hydroxyl groups is 1. The SMILES string of the molecule is COC(=O)CCC(=O)c1ncc(-c2cccc(F)c2)cc1O. The number of halogens is 1. The number of esters is 1. The number of ketones is 1. The van der Waals surface area contributed by atoms with Gasteiger partial charge in [-0.3, -0.25) is 9.59 Å². The van der Waals surface area contributed by atoms with Gasteiger partial charge >= 0.3 is 5.97 Å². The first kappa shape index (κ1) is 15.6. The van der Waals surface area contributed by atoms with Gasteiger partial charge in [-0.15, -0.1) is 0 Å². The summed E-state index contributed by atoms with van der Waals surface area (Å²) in [5.41, 5.74) is 0.905. The molecule has 0 unspecified atom stereocenters. The lowest BCUT2D eigenvalue weighted by Gasteiger charge is -2.06. The van der Waals surface area contributed by atoms with Crippen LogP contribution in [0.5, 0.6) is 5.75 Å². The molecule has 0 atom stereocenters. The Hall–Kier alpha value is -2.76. The van der Waals surface area contributed by atoms with Crippen molar-refractivity contribution in [1.82, 2.24) is 4.98 Å². The van der Waals surface area contributed by atoms with E-state index in [0.717, 1.165) is 0 Å². The number of hydrogen-bond acceptors (Lipinski definition) is 5. The first-order valence-corrected chi connectivity index (χ1v) is 6.56. The quantitative estimate of drug-likeness (QED) is 0.679. The Kier molecular flexibility index (Phi) is 4.83. The molecule has 0 spiro atoms. The van der Waals surface area contributed by atoms with Gasteiger partial charge in [-0.05, 0) is 23.8 Å². The highest BCUT2D eigenvalue weighted by atomic mass is 19.1. The van der Waals surface area contributed by atoms with Gasteiger partial charge in [0.1, 0.15) is 17.3 Å². The van der Waals surface area contributed by atoms with Crippen molar-refractivity contribution in [2.45, 2.75) is 12.8 Å². The number of ether oxygens (including phenoxy) is 1. The summed E-state index contributed by atoms with van der Waals surface area (Å²) in [5.74, 6) is -1.69. The summed E-state index contributed by atoms with van der Waals surface area (Å²) in [6.45, 7) is 0. The normalized spacial score (nSPS) is 10.3. The molecule has 0 bridgehead atoms. The van der Waals surface area contributed by atoms with Crippen LogP contribution in [0.3, 0.4) is 0 Å². The third-order valence-electron chi connectivity index (χ3n) is 3.07. The molecule has 22 heavy (non-hydrogen) atoms. The second-order valence-electron chi connectivity index (χ2n) is 4.60. The molecule has 0 saturated heterocycles. The molecule has 1 heterocycles. The summed E-state index contributed by atoms with van der Waals surface area (Å²) in [4.78, 5) is 26.8. The van der Waals surface area contributed by atoms with Crippen LogP contribution in [0, 0.1) is 5.82 Å². The molecule has 1 aromatic heterocycles. The molecule has 1 N–H and O–H groups in total. The highest BCUT2D eigenvalue weighted by Crippen LogP contribution is 2.26. The fraction of sp³-hybridized carbons (Fsp3) is 0.188. The van der Waals surface area contributed by atoms with E-state index in [4.69, 9.17) is 0 Å². The number of carbonyl (C=O) groups excluding carboxylic acids is 2. The van der Waals surface area contributed by atoms with Gasteiger partial charge in [0.25, 0.3) is 0 Å². The number of pyridine rings is 1. The summed E-state index contributed by atoms with van der Waals surface area (Å²) in [6.07, 6.45) is 1.19. The summed E-state index contributed by atoms with van der Waals surface area (Å²) in [5, 5.41) is 9.92. The number of nitrogens with zero attached hydrogens (tertiary/aromatic N) is 1. The lowest BCUT2D eigenvalue weighted by Crippen LogP contribution is -2.07. The average molecular weight is 303 g/mol. The van der Waals surface area contributed by atoms with E-state index in [1.54, 1.807) is 6.07 Å². The average Bonchev–Trinajstić information content (AvgIpc) is 2.52. The molecule has 0 amide bonds. The number of methoxy groups -OCH3 is 1. The number of carbonyl (C=O) groups is 2. The van der Waals surface area contributed by atoms with Crippen LogP contribution in [0.25, 0.3) is 11.1 Å². The molecule has 0 aliphatic heterocycles. The fourth-order valence-corrected chi connectivity index (χ4v) is 1.93. The van der Waals surface area contributed by atoms with Crippen LogP contribution in [0.2, 0.25) is 0 Å². The maximum atomic E-state index is 13.2.